The van der Waals surface area contributed by atoms with Crippen LogP contribution in [0.4, 0.5) is 0 Å². The fourth-order valence-corrected chi connectivity index (χ4v) is 0.471. The standard InChI is InChI=1S/C5H4ClN.2ClH.Hg/c6-5-2-1-3-7-4-5;;;/h1-4H;2*1H;/q;;;+2/p-2. The van der Waals surface area contributed by atoms with Crippen molar-refractivity contribution in [3.05, 3.63) is 29.5 Å². The molecule has 0 spiro atoms. The van der Waals surface area contributed by atoms with E-state index in [4.69, 9.17) is 28.1 Å². The molecule has 0 aliphatic rings. The van der Waals surface area contributed by atoms with Crippen LogP contribution in [0.15, 0.2) is 24.5 Å². The van der Waals surface area contributed by atoms with Gasteiger partial charge in [0.15, 0.2) is 0 Å². The Hall–Kier alpha value is 0.955. The summed E-state index contributed by atoms with van der Waals surface area (Å²) in [5.41, 5.74) is 0. The van der Waals surface area contributed by atoms with Gasteiger partial charge in [-0.25, -0.2) is 0 Å². The van der Waals surface area contributed by atoms with Gasteiger partial charge >= 0.3 is 38.6 Å². The predicted octanol–water partition coefficient (Wildman–Crippen LogP) is 3.11. The molecule has 5 heteroatoms. The van der Waals surface area contributed by atoms with E-state index in [9.17, 15) is 0 Å². The molecule has 0 aliphatic heterocycles. The number of nitrogens with zero attached hydrogens (tertiary/aromatic N) is 1. The average Bonchev–Trinajstić information content (AvgIpc) is 1.91. The molecule has 0 aromatic carbocycles. The zero-order chi connectivity index (χ0) is 7.82. The molecule has 0 saturated heterocycles. The van der Waals surface area contributed by atoms with Gasteiger partial charge in [0.2, 0.25) is 0 Å². The molecule has 1 nitrogen and oxygen atoms in total. The van der Waals surface area contributed by atoms with Gasteiger partial charge in [0.1, 0.15) is 0 Å². The van der Waals surface area contributed by atoms with Gasteiger partial charge < -0.3 is 0 Å². The van der Waals surface area contributed by atoms with Crippen molar-refractivity contribution < 1.29 is 22.1 Å². The summed E-state index contributed by atoms with van der Waals surface area (Å²) in [5.74, 6) is 0. The molecule has 0 N–H and O–H groups in total. The molecule has 0 unspecified atom stereocenters. The summed E-state index contributed by atoms with van der Waals surface area (Å²) in [4.78, 5) is 3.75. The molecule has 10 heavy (non-hydrogen) atoms. The van der Waals surface area contributed by atoms with Crippen LogP contribution in [0.5, 0.6) is 0 Å². The summed E-state index contributed by atoms with van der Waals surface area (Å²) < 4.78 is 0. The molecule has 1 aromatic rings. The average molecular weight is 385 g/mol. The normalized spacial score (nSPS) is 7.10. The van der Waals surface area contributed by atoms with Crippen LogP contribution < -0.4 is 0 Å². The minimum absolute atomic E-state index is 0.683. The van der Waals surface area contributed by atoms with E-state index < -0.39 is 22.1 Å². The van der Waals surface area contributed by atoms with Crippen LogP contribution >= 0.6 is 28.1 Å². The summed E-state index contributed by atoms with van der Waals surface area (Å²) in [6.45, 7) is 0. The van der Waals surface area contributed by atoms with E-state index in [0.29, 0.717) is 5.02 Å². The number of hydrogen-bond acceptors (Lipinski definition) is 1. The Morgan fingerprint density at radius 1 is 1.40 bits per heavy atom. The third kappa shape index (κ3) is 7.07. The van der Waals surface area contributed by atoms with E-state index in [0.717, 1.165) is 0 Å². The molecule has 1 heterocycles. The summed E-state index contributed by atoms with van der Waals surface area (Å²) >= 11 is 4.34. The van der Waals surface area contributed by atoms with Crippen molar-refractivity contribution in [3.63, 3.8) is 0 Å². The van der Waals surface area contributed by atoms with Gasteiger partial charge in [-0.2, -0.15) is 0 Å². The Morgan fingerprint density at radius 2 is 2.00 bits per heavy atom. The molecule has 0 aliphatic carbocycles. The summed E-state index contributed by atoms with van der Waals surface area (Å²) in [7, 11) is 9.97. The van der Waals surface area contributed by atoms with Gasteiger partial charge in [0.25, 0.3) is 0 Å². The first-order chi connectivity index (χ1) is 4.81. The number of halogens is 3. The van der Waals surface area contributed by atoms with Crippen LogP contribution in [0, 0.1) is 0 Å². The first kappa shape index (κ1) is 11.0. The zero-order valence-corrected chi connectivity index (χ0v) is 12.9. The van der Waals surface area contributed by atoms with E-state index in [2.05, 4.69) is 4.98 Å². The maximum atomic E-state index is 5.48. The maximum absolute atomic E-state index is 5.48. The van der Waals surface area contributed by atoms with Crippen LogP contribution in [0.1, 0.15) is 0 Å². The van der Waals surface area contributed by atoms with E-state index in [-0.39, 0.29) is 0 Å². The monoisotopic (exact) mass is 385 g/mol. The van der Waals surface area contributed by atoms with Crippen LogP contribution in [-0.4, -0.2) is 4.98 Å². The van der Waals surface area contributed by atoms with Crippen molar-refractivity contribution in [2.75, 3.05) is 0 Å². The van der Waals surface area contributed by atoms with Gasteiger partial charge in [-0.05, 0) is 12.1 Å². The van der Waals surface area contributed by atoms with Crippen LogP contribution in [0.2, 0.25) is 5.02 Å². The fraction of sp³-hybridized carbons (Fsp3) is 0. The molecular weight excluding hydrogens is 381 g/mol. The van der Waals surface area contributed by atoms with E-state index in [1.807, 2.05) is 0 Å². The van der Waals surface area contributed by atoms with Crippen LogP contribution in [-0.2, 0) is 22.1 Å². The Labute approximate surface area is 84.0 Å². The fourth-order valence-electron chi connectivity index (χ4n) is 0.342. The number of rotatable bonds is 0. The van der Waals surface area contributed by atoms with Gasteiger partial charge in [0.05, 0.1) is 5.02 Å². The van der Waals surface area contributed by atoms with Gasteiger partial charge in [-0.15, -0.1) is 0 Å². The number of aromatic nitrogens is 1. The third-order valence-electron chi connectivity index (χ3n) is 0.625. The topological polar surface area (TPSA) is 12.9 Å². The summed E-state index contributed by atoms with van der Waals surface area (Å²) in [6, 6.07) is 3.58. The van der Waals surface area contributed by atoms with Gasteiger partial charge in [0, 0.05) is 12.4 Å². The molecule has 0 atom stereocenters. The quantitative estimate of drug-likeness (QED) is 0.626. The molecule has 52 valence electrons. The van der Waals surface area contributed by atoms with E-state index in [1.54, 1.807) is 24.5 Å². The Morgan fingerprint density at radius 3 is 2.20 bits per heavy atom. The summed E-state index contributed by atoms with van der Waals surface area (Å²) in [6.07, 6.45) is 3.29. The molecule has 0 bridgehead atoms. The van der Waals surface area contributed by atoms with Gasteiger partial charge in [-0.1, -0.05) is 11.6 Å². The van der Waals surface area contributed by atoms with E-state index in [1.165, 1.54) is 0 Å². The second-order valence-corrected chi connectivity index (χ2v) is 9.59. The Bertz CT molecular complexity index is 158. The Balaban J connectivity index is 0.000000236. The zero-order valence-electron chi connectivity index (χ0n) is 5.10. The van der Waals surface area contributed by atoms with Crippen molar-refractivity contribution in [2.45, 2.75) is 0 Å². The second-order valence-electron chi connectivity index (χ2n) is 1.27. The predicted molar refractivity (Wildman–Crippen MR) is 41.0 cm³/mol. The van der Waals surface area contributed by atoms with E-state index >= 15 is 0 Å². The SMILES string of the molecule is Clc1cccnc1.[Cl][Hg][Cl]. The van der Waals surface area contributed by atoms with Crippen molar-refractivity contribution in [1.82, 2.24) is 4.98 Å². The van der Waals surface area contributed by atoms with Crippen molar-refractivity contribution in [3.8, 4) is 0 Å². The summed E-state index contributed by atoms with van der Waals surface area (Å²) in [5, 5.41) is 0.683. The molecule has 0 saturated carbocycles. The van der Waals surface area contributed by atoms with Gasteiger partial charge in [-0.3, -0.25) is 4.98 Å². The molecule has 0 radical (unpaired) electrons. The van der Waals surface area contributed by atoms with Crippen LogP contribution in [0.25, 0.3) is 0 Å². The number of pyridine rings is 1. The molecule has 1 rings (SSSR count). The van der Waals surface area contributed by atoms with Crippen molar-refractivity contribution in [2.24, 2.45) is 0 Å². The molecule has 0 fully saturated rings. The third-order valence-corrected chi connectivity index (χ3v) is 0.849. The first-order valence-electron chi connectivity index (χ1n) is 2.48. The molecule has 1 aromatic heterocycles. The number of hydrogen-bond donors (Lipinski definition) is 0. The van der Waals surface area contributed by atoms with Crippen molar-refractivity contribution in [1.29, 1.82) is 0 Å². The van der Waals surface area contributed by atoms with Crippen LogP contribution in [0.3, 0.4) is 0 Å². The molecule has 0 amide bonds. The second kappa shape index (κ2) is 8.06. The molecular formula is C5H4Cl3HgN. The first-order valence-corrected chi connectivity index (χ1v) is 16.4. The Kier molecular flexibility index (Phi) is 8.82. The van der Waals surface area contributed by atoms with Crippen molar-refractivity contribution >= 4 is 28.1 Å². The minimum atomic E-state index is -1.14.